The maximum atomic E-state index is 12.4. The molecule has 0 radical (unpaired) electrons. The van der Waals surface area contributed by atoms with Crippen LogP contribution in [0.1, 0.15) is 56.4 Å². The van der Waals surface area contributed by atoms with Gasteiger partial charge < -0.3 is 10.0 Å². The van der Waals surface area contributed by atoms with Gasteiger partial charge in [-0.1, -0.05) is 56.0 Å². The molecule has 2 fully saturated rings. The number of likely N-dealkylation sites (tertiary alicyclic amines) is 1. The van der Waals surface area contributed by atoms with Crippen molar-refractivity contribution in [2.75, 3.05) is 13.1 Å². The standard InChI is InChI=1S/C19H27NO2/c21-18-14-20(19(22)11-10-15-6-4-5-7-15)13-12-17(18)16-8-2-1-3-9-16/h1-3,8-9,15,17-18,21H,4-7,10-14H2/t17-,18+/m0/s1. The van der Waals surface area contributed by atoms with Crippen LogP contribution in [0.15, 0.2) is 30.3 Å². The molecule has 3 heteroatoms. The second kappa shape index (κ2) is 7.28. The van der Waals surface area contributed by atoms with Crippen molar-refractivity contribution in [3.8, 4) is 0 Å². The number of aliphatic hydroxyl groups excluding tert-OH is 1. The predicted molar refractivity (Wildman–Crippen MR) is 87.6 cm³/mol. The van der Waals surface area contributed by atoms with Crippen LogP contribution < -0.4 is 0 Å². The zero-order valence-electron chi connectivity index (χ0n) is 13.3. The van der Waals surface area contributed by atoms with E-state index in [1.807, 2.05) is 23.1 Å². The number of carbonyl (C=O) groups is 1. The van der Waals surface area contributed by atoms with Gasteiger partial charge in [0.05, 0.1) is 6.10 Å². The van der Waals surface area contributed by atoms with E-state index in [1.165, 1.54) is 31.2 Å². The van der Waals surface area contributed by atoms with Crippen molar-refractivity contribution in [3.05, 3.63) is 35.9 Å². The molecule has 0 aromatic heterocycles. The van der Waals surface area contributed by atoms with Crippen molar-refractivity contribution in [2.45, 2.75) is 57.0 Å². The Labute approximate surface area is 133 Å². The van der Waals surface area contributed by atoms with Crippen molar-refractivity contribution in [1.29, 1.82) is 0 Å². The first-order valence-corrected chi connectivity index (χ1v) is 8.75. The van der Waals surface area contributed by atoms with E-state index < -0.39 is 6.10 Å². The fourth-order valence-corrected chi connectivity index (χ4v) is 4.03. The highest BCUT2D eigenvalue weighted by Gasteiger charge is 2.31. The van der Waals surface area contributed by atoms with E-state index in [-0.39, 0.29) is 11.8 Å². The minimum atomic E-state index is -0.438. The molecule has 1 aliphatic heterocycles. The number of carbonyl (C=O) groups excluding carboxylic acids is 1. The van der Waals surface area contributed by atoms with Crippen molar-refractivity contribution >= 4 is 5.91 Å². The maximum absolute atomic E-state index is 12.4. The number of aliphatic hydroxyl groups is 1. The van der Waals surface area contributed by atoms with Gasteiger partial charge in [-0.2, -0.15) is 0 Å². The molecule has 0 spiro atoms. The Morgan fingerprint density at radius 1 is 1.14 bits per heavy atom. The van der Waals surface area contributed by atoms with Gasteiger partial charge in [-0.15, -0.1) is 0 Å². The van der Waals surface area contributed by atoms with Gasteiger partial charge in [-0.3, -0.25) is 4.79 Å². The molecular weight excluding hydrogens is 274 g/mol. The van der Waals surface area contributed by atoms with Crippen LogP contribution in [0.5, 0.6) is 0 Å². The smallest absolute Gasteiger partial charge is 0.222 e. The third-order valence-electron chi connectivity index (χ3n) is 5.40. The molecular formula is C19H27NO2. The number of benzene rings is 1. The molecule has 0 bridgehead atoms. The number of amides is 1. The number of hydrogen-bond donors (Lipinski definition) is 1. The quantitative estimate of drug-likeness (QED) is 0.926. The second-order valence-electron chi connectivity index (χ2n) is 6.90. The number of rotatable bonds is 4. The molecule has 3 nitrogen and oxygen atoms in total. The van der Waals surface area contributed by atoms with E-state index in [4.69, 9.17) is 0 Å². The Bertz CT molecular complexity index is 481. The number of hydrogen-bond acceptors (Lipinski definition) is 2. The topological polar surface area (TPSA) is 40.5 Å². The van der Waals surface area contributed by atoms with Crippen LogP contribution in [0.2, 0.25) is 0 Å². The Hall–Kier alpha value is -1.35. The molecule has 3 rings (SSSR count). The van der Waals surface area contributed by atoms with Gasteiger partial charge in [0.25, 0.3) is 0 Å². The van der Waals surface area contributed by atoms with E-state index in [9.17, 15) is 9.90 Å². The molecule has 1 saturated carbocycles. The average molecular weight is 301 g/mol. The summed E-state index contributed by atoms with van der Waals surface area (Å²) in [6.45, 7) is 1.27. The van der Waals surface area contributed by atoms with Gasteiger partial charge in [-0.05, 0) is 24.3 Å². The Kier molecular flexibility index (Phi) is 5.14. The molecule has 1 saturated heterocycles. The summed E-state index contributed by atoms with van der Waals surface area (Å²) in [6, 6.07) is 10.2. The van der Waals surface area contributed by atoms with Crippen LogP contribution in [-0.4, -0.2) is 35.1 Å². The molecule has 1 heterocycles. The largest absolute Gasteiger partial charge is 0.391 e. The van der Waals surface area contributed by atoms with Crippen LogP contribution >= 0.6 is 0 Å². The van der Waals surface area contributed by atoms with E-state index in [1.54, 1.807) is 0 Å². The lowest BCUT2D eigenvalue weighted by atomic mass is 9.87. The summed E-state index contributed by atoms with van der Waals surface area (Å²) < 4.78 is 0. The van der Waals surface area contributed by atoms with Crippen LogP contribution in [0, 0.1) is 5.92 Å². The molecule has 1 N–H and O–H groups in total. The lowest BCUT2D eigenvalue weighted by molar-refractivity contribution is -0.135. The van der Waals surface area contributed by atoms with Crippen LogP contribution in [0.3, 0.4) is 0 Å². The van der Waals surface area contributed by atoms with Gasteiger partial charge in [0.1, 0.15) is 0 Å². The Morgan fingerprint density at radius 3 is 2.55 bits per heavy atom. The van der Waals surface area contributed by atoms with Crippen LogP contribution in [0.4, 0.5) is 0 Å². The minimum absolute atomic E-state index is 0.167. The number of β-amino-alcohol motifs (C(OH)–C–C–N with tert-alkyl or cyclic N) is 1. The SMILES string of the molecule is O=C(CCC1CCCC1)N1CC[C@@H](c2ccccc2)[C@H](O)C1. The molecule has 1 amide bonds. The zero-order valence-corrected chi connectivity index (χ0v) is 13.3. The van der Waals surface area contributed by atoms with E-state index in [0.717, 1.165) is 25.3 Å². The zero-order chi connectivity index (χ0) is 15.4. The third-order valence-corrected chi connectivity index (χ3v) is 5.40. The summed E-state index contributed by atoms with van der Waals surface area (Å²) in [6.07, 6.45) is 7.38. The van der Waals surface area contributed by atoms with Crippen LogP contribution in [-0.2, 0) is 4.79 Å². The van der Waals surface area contributed by atoms with Gasteiger partial charge >= 0.3 is 0 Å². The fraction of sp³-hybridized carbons (Fsp3) is 0.632. The summed E-state index contributed by atoms with van der Waals surface area (Å²) in [5.74, 6) is 1.16. The number of nitrogens with zero attached hydrogens (tertiary/aromatic N) is 1. The summed E-state index contributed by atoms with van der Waals surface area (Å²) in [5.41, 5.74) is 1.19. The summed E-state index contributed by atoms with van der Waals surface area (Å²) in [5, 5.41) is 10.4. The summed E-state index contributed by atoms with van der Waals surface area (Å²) in [7, 11) is 0. The lowest BCUT2D eigenvalue weighted by Crippen LogP contribution is -2.45. The summed E-state index contributed by atoms with van der Waals surface area (Å²) in [4.78, 5) is 14.2. The summed E-state index contributed by atoms with van der Waals surface area (Å²) >= 11 is 0. The van der Waals surface area contributed by atoms with E-state index >= 15 is 0 Å². The van der Waals surface area contributed by atoms with Gasteiger partial charge in [0.2, 0.25) is 5.91 Å². The molecule has 1 aromatic rings. The molecule has 120 valence electrons. The molecule has 22 heavy (non-hydrogen) atoms. The molecule has 1 aromatic carbocycles. The van der Waals surface area contributed by atoms with Crippen molar-refractivity contribution in [1.82, 2.24) is 4.90 Å². The normalized spacial score (nSPS) is 26.3. The first-order chi connectivity index (χ1) is 10.7. The number of piperidine rings is 1. The molecule has 2 atom stereocenters. The Morgan fingerprint density at radius 2 is 1.86 bits per heavy atom. The first-order valence-electron chi connectivity index (χ1n) is 8.75. The fourth-order valence-electron chi connectivity index (χ4n) is 4.03. The second-order valence-corrected chi connectivity index (χ2v) is 6.90. The minimum Gasteiger partial charge on any atom is -0.391 e. The molecule has 1 aliphatic carbocycles. The van der Waals surface area contributed by atoms with Crippen molar-refractivity contribution in [2.24, 2.45) is 5.92 Å². The Balaban J connectivity index is 1.50. The highest BCUT2D eigenvalue weighted by atomic mass is 16.3. The average Bonchev–Trinajstić information content (AvgIpc) is 3.07. The third kappa shape index (κ3) is 3.70. The maximum Gasteiger partial charge on any atom is 0.222 e. The van der Waals surface area contributed by atoms with E-state index in [2.05, 4.69) is 12.1 Å². The molecule has 0 unspecified atom stereocenters. The van der Waals surface area contributed by atoms with Gasteiger partial charge in [0.15, 0.2) is 0 Å². The predicted octanol–water partition coefficient (Wildman–Crippen LogP) is 3.33. The highest BCUT2D eigenvalue weighted by molar-refractivity contribution is 5.76. The van der Waals surface area contributed by atoms with Crippen molar-refractivity contribution in [3.63, 3.8) is 0 Å². The van der Waals surface area contributed by atoms with Crippen LogP contribution in [0.25, 0.3) is 0 Å². The molecule has 2 aliphatic rings. The van der Waals surface area contributed by atoms with Gasteiger partial charge in [0, 0.05) is 25.4 Å². The van der Waals surface area contributed by atoms with Gasteiger partial charge in [-0.25, -0.2) is 0 Å². The first kappa shape index (κ1) is 15.5. The lowest BCUT2D eigenvalue weighted by Gasteiger charge is -2.36. The van der Waals surface area contributed by atoms with Crippen molar-refractivity contribution < 1.29 is 9.90 Å². The monoisotopic (exact) mass is 301 g/mol. The van der Waals surface area contributed by atoms with E-state index in [0.29, 0.717) is 13.0 Å². The highest BCUT2D eigenvalue weighted by Crippen LogP contribution is 2.31.